The first kappa shape index (κ1) is 13.5. The molecule has 1 heterocycles. The monoisotopic (exact) mass is 228 g/mol. The minimum Gasteiger partial charge on any atom is -0.380 e. The second-order valence-electron chi connectivity index (χ2n) is 4.81. The quantitative estimate of drug-likeness (QED) is 0.677. The van der Waals surface area contributed by atoms with E-state index in [1.165, 1.54) is 0 Å². The molecule has 1 atom stereocenters. The summed E-state index contributed by atoms with van der Waals surface area (Å²) in [4.78, 5) is 11.7. The molecule has 1 saturated heterocycles. The van der Waals surface area contributed by atoms with Gasteiger partial charge in [0.25, 0.3) is 0 Å². The van der Waals surface area contributed by atoms with E-state index >= 15 is 0 Å². The van der Waals surface area contributed by atoms with Gasteiger partial charge in [-0.1, -0.05) is 13.8 Å². The molecule has 4 nitrogen and oxygen atoms in total. The summed E-state index contributed by atoms with van der Waals surface area (Å²) in [6, 6.07) is 0.139. The number of amides is 1. The van der Waals surface area contributed by atoms with Crippen LogP contribution in [0.2, 0.25) is 0 Å². The maximum absolute atomic E-state index is 11.7. The van der Waals surface area contributed by atoms with Crippen molar-refractivity contribution in [1.82, 2.24) is 10.6 Å². The summed E-state index contributed by atoms with van der Waals surface area (Å²) >= 11 is 0. The molecule has 1 unspecified atom stereocenters. The molecular weight excluding hydrogens is 204 g/mol. The Kier molecular flexibility index (Phi) is 5.77. The molecule has 94 valence electrons. The third-order valence-corrected chi connectivity index (χ3v) is 2.99. The van der Waals surface area contributed by atoms with Crippen molar-refractivity contribution < 1.29 is 9.53 Å². The number of carbonyl (C=O) groups is 1. The molecule has 1 rings (SSSR count). The van der Waals surface area contributed by atoms with Crippen LogP contribution in [0.3, 0.4) is 0 Å². The van der Waals surface area contributed by atoms with Crippen molar-refractivity contribution in [2.75, 3.05) is 26.3 Å². The van der Waals surface area contributed by atoms with Gasteiger partial charge in [-0.05, 0) is 31.8 Å². The summed E-state index contributed by atoms with van der Waals surface area (Å²) in [5.74, 6) is 1.10. The first-order valence-electron chi connectivity index (χ1n) is 6.21. The Morgan fingerprint density at radius 1 is 1.50 bits per heavy atom. The molecule has 0 aromatic carbocycles. The molecule has 0 spiro atoms. The Morgan fingerprint density at radius 2 is 2.19 bits per heavy atom. The SMILES string of the molecule is CCOCC(NC(=O)CC1CNC1)C(C)C. The van der Waals surface area contributed by atoms with Gasteiger partial charge in [-0.25, -0.2) is 0 Å². The lowest BCUT2D eigenvalue weighted by molar-refractivity contribution is -0.123. The van der Waals surface area contributed by atoms with Gasteiger partial charge in [-0.2, -0.15) is 0 Å². The molecule has 1 fully saturated rings. The molecular formula is C12H24N2O2. The van der Waals surface area contributed by atoms with Crippen molar-refractivity contribution in [3.05, 3.63) is 0 Å². The van der Waals surface area contributed by atoms with Gasteiger partial charge in [0.15, 0.2) is 0 Å². The first-order valence-corrected chi connectivity index (χ1v) is 6.21. The van der Waals surface area contributed by atoms with E-state index in [2.05, 4.69) is 24.5 Å². The van der Waals surface area contributed by atoms with Crippen LogP contribution in [-0.4, -0.2) is 38.3 Å². The van der Waals surface area contributed by atoms with E-state index in [0.717, 1.165) is 13.1 Å². The van der Waals surface area contributed by atoms with Crippen LogP contribution in [0.25, 0.3) is 0 Å². The number of rotatable bonds is 7. The zero-order valence-electron chi connectivity index (χ0n) is 10.6. The third-order valence-electron chi connectivity index (χ3n) is 2.99. The molecule has 1 aliphatic rings. The Balaban J connectivity index is 2.25. The van der Waals surface area contributed by atoms with Crippen LogP contribution in [0.4, 0.5) is 0 Å². The van der Waals surface area contributed by atoms with E-state index in [-0.39, 0.29) is 11.9 Å². The topological polar surface area (TPSA) is 50.4 Å². The molecule has 0 radical (unpaired) electrons. The van der Waals surface area contributed by atoms with Crippen LogP contribution in [-0.2, 0) is 9.53 Å². The minimum absolute atomic E-state index is 0.139. The number of hydrogen-bond donors (Lipinski definition) is 2. The van der Waals surface area contributed by atoms with Gasteiger partial charge >= 0.3 is 0 Å². The van der Waals surface area contributed by atoms with Gasteiger partial charge in [-0.3, -0.25) is 4.79 Å². The van der Waals surface area contributed by atoms with Crippen molar-refractivity contribution in [3.63, 3.8) is 0 Å². The smallest absolute Gasteiger partial charge is 0.220 e. The van der Waals surface area contributed by atoms with Gasteiger partial charge in [0.2, 0.25) is 5.91 Å². The second kappa shape index (κ2) is 6.86. The Bertz CT molecular complexity index is 215. The van der Waals surface area contributed by atoms with Gasteiger partial charge < -0.3 is 15.4 Å². The largest absolute Gasteiger partial charge is 0.380 e. The lowest BCUT2D eigenvalue weighted by Gasteiger charge is -2.28. The molecule has 0 saturated carbocycles. The second-order valence-corrected chi connectivity index (χ2v) is 4.81. The van der Waals surface area contributed by atoms with Crippen LogP contribution in [0.15, 0.2) is 0 Å². The summed E-state index contributed by atoms with van der Waals surface area (Å²) in [6.07, 6.45) is 0.641. The third kappa shape index (κ3) is 4.49. The fourth-order valence-corrected chi connectivity index (χ4v) is 1.67. The van der Waals surface area contributed by atoms with Crippen molar-refractivity contribution >= 4 is 5.91 Å². The number of hydrogen-bond acceptors (Lipinski definition) is 3. The van der Waals surface area contributed by atoms with Gasteiger partial charge in [0.05, 0.1) is 12.6 Å². The highest BCUT2D eigenvalue weighted by molar-refractivity contribution is 5.76. The maximum atomic E-state index is 11.7. The molecule has 0 aliphatic carbocycles. The van der Waals surface area contributed by atoms with E-state index in [1.54, 1.807) is 0 Å². The van der Waals surface area contributed by atoms with Crippen molar-refractivity contribution in [2.24, 2.45) is 11.8 Å². The highest BCUT2D eigenvalue weighted by Crippen LogP contribution is 2.09. The van der Waals surface area contributed by atoms with E-state index in [1.807, 2.05) is 6.92 Å². The fourth-order valence-electron chi connectivity index (χ4n) is 1.67. The zero-order chi connectivity index (χ0) is 12.0. The number of nitrogens with one attached hydrogen (secondary N) is 2. The van der Waals surface area contributed by atoms with Crippen LogP contribution < -0.4 is 10.6 Å². The maximum Gasteiger partial charge on any atom is 0.220 e. The van der Waals surface area contributed by atoms with Gasteiger partial charge in [-0.15, -0.1) is 0 Å². The molecule has 16 heavy (non-hydrogen) atoms. The summed E-state index contributed by atoms with van der Waals surface area (Å²) in [7, 11) is 0. The van der Waals surface area contributed by atoms with Crippen LogP contribution in [0, 0.1) is 11.8 Å². The Morgan fingerprint density at radius 3 is 2.62 bits per heavy atom. The standard InChI is InChI=1S/C12H24N2O2/c1-4-16-8-11(9(2)3)14-12(15)5-10-6-13-7-10/h9-11,13H,4-8H2,1-3H3,(H,14,15). The Labute approximate surface area is 98.1 Å². The molecule has 4 heteroatoms. The number of ether oxygens (including phenoxy) is 1. The molecule has 1 amide bonds. The predicted molar refractivity (Wildman–Crippen MR) is 64.2 cm³/mol. The summed E-state index contributed by atoms with van der Waals surface area (Å²) in [6.45, 7) is 9.45. The summed E-state index contributed by atoms with van der Waals surface area (Å²) < 4.78 is 5.38. The normalized spacial score (nSPS) is 18.2. The lowest BCUT2D eigenvalue weighted by Crippen LogP contribution is -2.47. The Hall–Kier alpha value is -0.610. The van der Waals surface area contributed by atoms with Crippen molar-refractivity contribution in [2.45, 2.75) is 33.2 Å². The van der Waals surface area contributed by atoms with Gasteiger partial charge in [0.1, 0.15) is 0 Å². The molecule has 0 aromatic heterocycles. The zero-order valence-corrected chi connectivity index (χ0v) is 10.6. The highest BCUT2D eigenvalue weighted by Gasteiger charge is 2.22. The average molecular weight is 228 g/mol. The summed E-state index contributed by atoms with van der Waals surface area (Å²) in [5.41, 5.74) is 0. The molecule has 0 aromatic rings. The lowest BCUT2D eigenvalue weighted by atomic mass is 9.98. The van der Waals surface area contributed by atoms with E-state index in [9.17, 15) is 4.79 Å². The van der Waals surface area contributed by atoms with E-state index in [0.29, 0.717) is 31.5 Å². The fraction of sp³-hybridized carbons (Fsp3) is 0.917. The van der Waals surface area contributed by atoms with Crippen LogP contribution >= 0.6 is 0 Å². The van der Waals surface area contributed by atoms with Crippen molar-refractivity contribution in [1.29, 1.82) is 0 Å². The highest BCUT2D eigenvalue weighted by atomic mass is 16.5. The molecule has 2 N–H and O–H groups in total. The van der Waals surface area contributed by atoms with Crippen molar-refractivity contribution in [3.8, 4) is 0 Å². The number of carbonyl (C=O) groups excluding carboxylic acids is 1. The predicted octanol–water partition coefficient (Wildman–Crippen LogP) is 0.773. The average Bonchev–Trinajstić information content (AvgIpc) is 2.18. The molecule has 1 aliphatic heterocycles. The van der Waals surface area contributed by atoms with Crippen LogP contribution in [0.1, 0.15) is 27.2 Å². The summed E-state index contributed by atoms with van der Waals surface area (Å²) in [5, 5.41) is 6.23. The molecule has 0 bridgehead atoms. The van der Waals surface area contributed by atoms with E-state index in [4.69, 9.17) is 4.74 Å². The first-order chi connectivity index (χ1) is 7.63. The van der Waals surface area contributed by atoms with E-state index < -0.39 is 0 Å². The van der Waals surface area contributed by atoms with Gasteiger partial charge in [0, 0.05) is 13.0 Å². The minimum atomic E-state index is 0.139. The van der Waals surface area contributed by atoms with Crippen LogP contribution in [0.5, 0.6) is 0 Å².